The maximum Gasteiger partial charge on any atom is 0.267 e. The summed E-state index contributed by atoms with van der Waals surface area (Å²) in [5.41, 5.74) is 5.84. The third-order valence-electron chi connectivity index (χ3n) is 3.47. The molecule has 1 aromatic heterocycles. The highest BCUT2D eigenvalue weighted by atomic mass is 16.1. The van der Waals surface area contributed by atoms with Gasteiger partial charge in [-0.25, -0.2) is 4.98 Å². The molecule has 2 rings (SSSR count). The first-order valence-electron chi connectivity index (χ1n) is 7.05. The third kappa shape index (κ3) is 3.42. The van der Waals surface area contributed by atoms with E-state index in [9.17, 15) is 4.79 Å². The Bertz CT molecular complexity index is 459. The zero-order valence-corrected chi connectivity index (χ0v) is 12.5. The Morgan fingerprint density at radius 3 is 2.55 bits per heavy atom. The molecular formula is C14H21B2N3O. The predicted octanol–water partition coefficient (Wildman–Crippen LogP) is 0.996. The molecule has 4 nitrogen and oxygen atoms in total. The second kappa shape index (κ2) is 6.93. The number of nitrogens with two attached hydrogens (primary N) is 1. The molecule has 0 aromatic carbocycles. The Balaban J connectivity index is 0.000000956. The van der Waals surface area contributed by atoms with E-state index in [-0.39, 0.29) is 5.69 Å². The molecule has 104 valence electrons. The molecular weight excluding hydrogens is 248 g/mol. The second-order valence-electron chi connectivity index (χ2n) is 4.78. The van der Waals surface area contributed by atoms with Crippen LogP contribution in [0.4, 0.5) is 0 Å². The topological polar surface area (TPSA) is 59.2 Å². The molecule has 4 radical (unpaired) electrons. The summed E-state index contributed by atoms with van der Waals surface area (Å²) < 4.78 is 0. The Labute approximate surface area is 124 Å². The zero-order valence-electron chi connectivity index (χ0n) is 12.5. The predicted molar refractivity (Wildman–Crippen MR) is 82.6 cm³/mol. The molecule has 6 heteroatoms. The molecule has 0 unspecified atom stereocenters. The summed E-state index contributed by atoms with van der Waals surface area (Å²) in [6, 6.07) is 4.95. The van der Waals surface area contributed by atoms with Crippen molar-refractivity contribution in [1.82, 2.24) is 9.88 Å². The van der Waals surface area contributed by atoms with E-state index >= 15 is 0 Å². The quantitative estimate of drug-likeness (QED) is 0.829. The molecule has 1 saturated heterocycles. The van der Waals surface area contributed by atoms with E-state index in [1.165, 1.54) is 0 Å². The molecule has 0 spiro atoms. The molecule has 0 atom stereocenters. The van der Waals surface area contributed by atoms with Crippen LogP contribution in [0.5, 0.6) is 0 Å². The van der Waals surface area contributed by atoms with Crippen molar-refractivity contribution in [2.75, 3.05) is 13.1 Å². The Kier molecular flexibility index (Phi) is 5.81. The van der Waals surface area contributed by atoms with Crippen molar-refractivity contribution in [2.24, 2.45) is 11.7 Å². The van der Waals surface area contributed by atoms with E-state index in [4.69, 9.17) is 21.4 Å². The summed E-state index contributed by atoms with van der Waals surface area (Å²) in [6.45, 7) is 7.85. The van der Waals surface area contributed by atoms with Crippen molar-refractivity contribution in [3.63, 3.8) is 0 Å². The van der Waals surface area contributed by atoms with Crippen molar-refractivity contribution in [2.45, 2.75) is 32.5 Å². The highest BCUT2D eigenvalue weighted by molar-refractivity contribution is 6.39. The van der Waals surface area contributed by atoms with Gasteiger partial charge in [-0.05, 0) is 23.4 Å². The summed E-state index contributed by atoms with van der Waals surface area (Å²) in [5, 5.41) is -1.14. The lowest BCUT2D eigenvalue weighted by molar-refractivity contribution is 0.0618. The van der Waals surface area contributed by atoms with Crippen LogP contribution in [0.3, 0.4) is 0 Å². The standard InChI is InChI=1S/C12H15B2N3O.C2H6/c1-2-8-6-17(7-8)12(13,14)10-5-3-4-9(16-10)11(15)18;1-2/h3-5,8H,2,6-7H2,1H3,(H2,15,18);1-2H3. The second-order valence-corrected chi connectivity index (χ2v) is 4.78. The van der Waals surface area contributed by atoms with Crippen LogP contribution in [-0.4, -0.2) is 44.6 Å². The van der Waals surface area contributed by atoms with Gasteiger partial charge in [-0.15, -0.1) is 0 Å². The number of pyridine rings is 1. The SMILES string of the molecule is CC.[B]C([B])(c1cccc(C(N)=O)n1)N1CC(CC)C1. The van der Waals surface area contributed by atoms with Gasteiger partial charge in [0.25, 0.3) is 5.91 Å². The van der Waals surface area contributed by atoms with Crippen LogP contribution in [0, 0.1) is 5.92 Å². The zero-order chi connectivity index (χ0) is 15.3. The number of likely N-dealkylation sites (tertiary alicyclic amines) is 1. The lowest BCUT2D eigenvalue weighted by atomic mass is 9.57. The highest BCUT2D eigenvalue weighted by Gasteiger charge is 2.37. The fraction of sp³-hybridized carbons (Fsp3) is 0.571. The summed E-state index contributed by atoms with van der Waals surface area (Å²) in [6.07, 6.45) is 1.11. The fourth-order valence-electron chi connectivity index (χ4n) is 2.09. The molecule has 2 N–H and O–H groups in total. The highest BCUT2D eigenvalue weighted by Crippen LogP contribution is 2.30. The lowest BCUT2D eigenvalue weighted by Crippen LogP contribution is -2.59. The lowest BCUT2D eigenvalue weighted by Gasteiger charge is -2.50. The average molecular weight is 269 g/mol. The maximum atomic E-state index is 11.1. The number of primary amides is 1. The van der Waals surface area contributed by atoms with E-state index in [1.807, 2.05) is 18.7 Å². The Morgan fingerprint density at radius 1 is 1.45 bits per heavy atom. The smallest absolute Gasteiger partial charge is 0.267 e. The molecule has 20 heavy (non-hydrogen) atoms. The van der Waals surface area contributed by atoms with Crippen LogP contribution in [0.15, 0.2) is 18.2 Å². The van der Waals surface area contributed by atoms with E-state index in [0.29, 0.717) is 11.6 Å². The number of carbonyl (C=O) groups is 1. The van der Waals surface area contributed by atoms with E-state index in [1.54, 1.807) is 18.2 Å². The number of carbonyl (C=O) groups excluding carboxylic acids is 1. The minimum Gasteiger partial charge on any atom is -0.364 e. The first-order chi connectivity index (χ1) is 9.45. The number of aromatic nitrogens is 1. The maximum absolute atomic E-state index is 11.1. The molecule has 1 amide bonds. The summed E-state index contributed by atoms with van der Waals surface area (Å²) in [7, 11) is 12.2. The summed E-state index contributed by atoms with van der Waals surface area (Å²) in [5.74, 6) is 0.0542. The van der Waals surface area contributed by atoms with Gasteiger partial charge in [0, 0.05) is 18.8 Å². The van der Waals surface area contributed by atoms with Gasteiger partial charge in [0.1, 0.15) is 5.69 Å². The van der Waals surface area contributed by atoms with E-state index < -0.39 is 11.2 Å². The Hall–Kier alpha value is -1.29. The molecule has 0 aliphatic carbocycles. The van der Waals surface area contributed by atoms with Gasteiger partial charge in [0.15, 0.2) is 0 Å². The molecule has 1 fully saturated rings. The molecule has 1 aliphatic rings. The van der Waals surface area contributed by atoms with Crippen molar-refractivity contribution in [3.05, 3.63) is 29.6 Å². The first kappa shape index (κ1) is 16.8. The fourth-order valence-corrected chi connectivity index (χ4v) is 2.09. The average Bonchev–Trinajstić information content (AvgIpc) is 2.39. The Morgan fingerprint density at radius 2 is 2.05 bits per heavy atom. The summed E-state index contributed by atoms with van der Waals surface area (Å²) in [4.78, 5) is 17.2. The normalized spacial score (nSPS) is 15.9. The number of hydrogen-bond acceptors (Lipinski definition) is 3. The van der Waals surface area contributed by atoms with Crippen LogP contribution in [-0.2, 0) is 5.34 Å². The van der Waals surface area contributed by atoms with Gasteiger partial charge in [-0.2, -0.15) is 0 Å². The van der Waals surface area contributed by atoms with Crippen molar-refractivity contribution in [1.29, 1.82) is 0 Å². The minimum atomic E-state index is -1.14. The van der Waals surface area contributed by atoms with E-state index in [0.717, 1.165) is 19.5 Å². The number of rotatable bonds is 4. The van der Waals surface area contributed by atoms with Crippen LogP contribution in [0.1, 0.15) is 43.4 Å². The third-order valence-corrected chi connectivity index (χ3v) is 3.47. The van der Waals surface area contributed by atoms with Crippen LogP contribution in [0.2, 0.25) is 0 Å². The van der Waals surface area contributed by atoms with Crippen molar-refractivity contribution in [3.8, 4) is 0 Å². The number of hydrogen-bond donors (Lipinski definition) is 1. The molecule has 1 aliphatic heterocycles. The van der Waals surface area contributed by atoms with Gasteiger partial charge < -0.3 is 10.6 Å². The molecule has 1 aromatic rings. The molecule has 2 heterocycles. The van der Waals surface area contributed by atoms with Crippen LogP contribution >= 0.6 is 0 Å². The van der Waals surface area contributed by atoms with Crippen molar-refractivity contribution < 1.29 is 4.79 Å². The van der Waals surface area contributed by atoms with Crippen LogP contribution < -0.4 is 5.73 Å². The van der Waals surface area contributed by atoms with Gasteiger partial charge in [0.2, 0.25) is 0 Å². The van der Waals surface area contributed by atoms with Gasteiger partial charge in [-0.1, -0.05) is 33.3 Å². The van der Waals surface area contributed by atoms with E-state index in [2.05, 4.69) is 11.9 Å². The molecule has 0 saturated carbocycles. The number of nitrogens with zero attached hydrogens (tertiary/aromatic N) is 2. The molecule has 0 bridgehead atoms. The monoisotopic (exact) mass is 269 g/mol. The largest absolute Gasteiger partial charge is 0.364 e. The van der Waals surface area contributed by atoms with Crippen molar-refractivity contribution >= 4 is 21.6 Å². The minimum absolute atomic E-state index is 0.181. The first-order valence-corrected chi connectivity index (χ1v) is 7.05. The van der Waals surface area contributed by atoms with Gasteiger partial charge >= 0.3 is 0 Å². The summed E-state index contributed by atoms with van der Waals surface area (Å²) >= 11 is 0. The van der Waals surface area contributed by atoms with Gasteiger partial charge in [0.05, 0.1) is 15.7 Å². The van der Waals surface area contributed by atoms with Crippen LogP contribution in [0.25, 0.3) is 0 Å². The number of amides is 1. The van der Waals surface area contributed by atoms with Gasteiger partial charge in [-0.3, -0.25) is 4.79 Å².